The molecule has 0 aliphatic heterocycles. The summed E-state index contributed by atoms with van der Waals surface area (Å²) in [5.41, 5.74) is 7.85. The van der Waals surface area contributed by atoms with Crippen molar-refractivity contribution < 1.29 is 14.3 Å². The van der Waals surface area contributed by atoms with Gasteiger partial charge in [0, 0.05) is 0 Å². The van der Waals surface area contributed by atoms with Crippen LogP contribution < -0.4 is 20.3 Å². The van der Waals surface area contributed by atoms with E-state index in [4.69, 9.17) is 9.47 Å². The highest BCUT2D eigenvalue weighted by Gasteiger charge is 2.18. The van der Waals surface area contributed by atoms with Crippen molar-refractivity contribution in [1.29, 1.82) is 0 Å². The summed E-state index contributed by atoms with van der Waals surface area (Å²) < 4.78 is 11.5. The summed E-state index contributed by atoms with van der Waals surface area (Å²) >= 11 is 1.47. The van der Waals surface area contributed by atoms with Crippen molar-refractivity contribution in [2.45, 2.75) is 6.92 Å². The van der Waals surface area contributed by atoms with Gasteiger partial charge in [-0.25, -0.2) is 4.98 Å². The van der Waals surface area contributed by atoms with Crippen molar-refractivity contribution in [1.82, 2.24) is 10.4 Å². The van der Waals surface area contributed by atoms with Gasteiger partial charge in [0.15, 0.2) is 0 Å². The third-order valence-electron chi connectivity index (χ3n) is 3.56. The zero-order valence-corrected chi connectivity index (χ0v) is 14.4. The van der Waals surface area contributed by atoms with Crippen LogP contribution in [0.15, 0.2) is 36.4 Å². The monoisotopic (exact) mass is 343 g/mol. The summed E-state index contributed by atoms with van der Waals surface area (Å²) in [5, 5.41) is 0.613. The predicted molar refractivity (Wildman–Crippen MR) is 95.0 cm³/mol. The number of hydrogen-bond donors (Lipinski definition) is 2. The van der Waals surface area contributed by atoms with Gasteiger partial charge in [0.25, 0.3) is 5.91 Å². The molecule has 0 bridgehead atoms. The molecule has 0 aliphatic rings. The molecule has 0 saturated heterocycles. The Morgan fingerprint density at radius 1 is 1.08 bits per heavy atom. The second kappa shape index (κ2) is 6.76. The fraction of sp³-hybridized carbons (Fsp3) is 0.176. The van der Waals surface area contributed by atoms with Crippen LogP contribution in [0.25, 0.3) is 10.2 Å². The fourth-order valence-corrected chi connectivity index (χ4v) is 3.28. The average Bonchev–Trinajstić information content (AvgIpc) is 3.03. The molecular weight excluding hydrogens is 326 g/mol. The Labute approximate surface area is 143 Å². The molecular formula is C17H17N3O3S. The van der Waals surface area contributed by atoms with Crippen LogP contribution in [0.5, 0.6) is 11.5 Å². The minimum atomic E-state index is -0.361. The van der Waals surface area contributed by atoms with Gasteiger partial charge in [0.05, 0.1) is 24.4 Å². The molecule has 0 fully saturated rings. The summed E-state index contributed by atoms with van der Waals surface area (Å²) in [6.07, 6.45) is 0. The molecule has 124 valence electrons. The lowest BCUT2D eigenvalue weighted by molar-refractivity contribution is 0.0956. The zero-order chi connectivity index (χ0) is 17.1. The number of nitrogens with one attached hydrogen (secondary N) is 2. The largest absolute Gasteiger partial charge is 0.496 e. The normalized spacial score (nSPS) is 10.5. The van der Waals surface area contributed by atoms with Crippen LogP contribution in [0.3, 0.4) is 0 Å². The number of anilines is 1. The van der Waals surface area contributed by atoms with Crippen LogP contribution in [-0.2, 0) is 0 Å². The van der Waals surface area contributed by atoms with E-state index in [1.54, 1.807) is 18.2 Å². The lowest BCUT2D eigenvalue weighted by atomic mass is 10.1. The fourth-order valence-electron chi connectivity index (χ4n) is 2.39. The van der Waals surface area contributed by atoms with Gasteiger partial charge in [-0.05, 0) is 30.7 Å². The van der Waals surface area contributed by atoms with Crippen LogP contribution in [-0.4, -0.2) is 25.1 Å². The first-order valence-corrected chi connectivity index (χ1v) is 8.09. The number of nitrogens with zero attached hydrogens (tertiary/aromatic N) is 1. The number of aromatic nitrogens is 1. The standard InChI is InChI=1S/C17H17N3O3S/c1-10-6-4-9-13-15(10)18-17(24-13)20-19-16(21)14-11(22-2)7-5-8-12(14)23-3/h4-9H,1-3H3,(H,18,20)(H,19,21). The first kappa shape index (κ1) is 16.1. The van der Waals surface area contributed by atoms with Gasteiger partial charge in [-0.3, -0.25) is 15.6 Å². The minimum Gasteiger partial charge on any atom is -0.496 e. The number of para-hydroxylation sites is 1. The van der Waals surface area contributed by atoms with Gasteiger partial charge in [-0.1, -0.05) is 29.5 Å². The molecule has 0 atom stereocenters. The molecule has 0 radical (unpaired) electrons. The Morgan fingerprint density at radius 3 is 2.38 bits per heavy atom. The van der Waals surface area contributed by atoms with Crippen molar-refractivity contribution in [3.8, 4) is 11.5 Å². The molecule has 1 aromatic heterocycles. The maximum Gasteiger partial charge on any atom is 0.277 e. The van der Waals surface area contributed by atoms with Crippen LogP contribution in [0.1, 0.15) is 15.9 Å². The van der Waals surface area contributed by atoms with Crippen molar-refractivity contribution in [2.75, 3.05) is 19.6 Å². The molecule has 7 heteroatoms. The quantitative estimate of drug-likeness (QED) is 0.695. The number of ether oxygens (including phenoxy) is 2. The molecule has 0 saturated carbocycles. The highest BCUT2D eigenvalue weighted by molar-refractivity contribution is 7.22. The Morgan fingerprint density at radius 2 is 1.75 bits per heavy atom. The smallest absolute Gasteiger partial charge is 0.277 e. The number of hydrogen-bond acceptors (Lipinski definition) is 6. The minimum absolute atomic E-state index is 0.326. The van der Waals surface area contributed by atoms with E-state index in [-0.39, 0.29) is 5.91 Å². The molecule has 1 amide bonds. The van der Waals surface area contributed by atoms with Crippen LogP contribution in [0.2, 0.25) is 0 Å². The van der Waals surface area contributed by atoms with E-state index in [1.165, 1.54) is 25.6 Å². The molecule has 2 aromatic carbocycles. The van der Waals surface area contributed by atoms with Gasteiger partial charge in [-0.15, -0.1) is 0 Å². The van der Waals surface area contributed by atoms with E-state index in [0.717, 1.165) is 15.8 Å². The number of benzene rings is 2. The number of methoxy groups -OCH3 is 2. The van der Waals surface area contributed by atoms with Crippen LogP contribution in [0, 0.1) is 6.92 Å². The topological polar surface area (TPSA) is 72.5 Å². The third-order valence-corrected chi connectivity index (χ3v) is 4.49. The van der Waals surface area contributed by atoms with E-state index in [9.17, 15) is 4.79 Å². The Balaban J connectivity index is 1.81. The molecule has 6 nitrogen and oxygen atoms in total. The summed E-state index contributed by atoms with van der Waals surface area (Å²) in [7, 11) is 3.02. The molecule has 2 N–H and O–H groups in total. The summed E-state index contributed by atoms with van der Waals surface area (Å²) in [6.45, 7) is 2.00. The molecule has 0 aliphatic carbocycles. The van der Waals surface area contributed by atoms with E-state index in [2.05, 4.69) is 15.8 Å². The van der Waals surface area contributed by atoms with E-state index in [1.807, 2.05) is 25.1 Å². The predicted octanol–water partition coefficient (Wildman–Crippen LogP) is 3.38. The SMILES string of the molecule is COc1cccc(OC)c1C(=O)NNc1nc2c(C)cccc2s1. The first-order chi connectivity index (χ1) is 11.6. The molecule has 1 heterocycles. The van der Waals surface area contributed by atoms with Gasteiger partial charge in [0.1, 0.15) is 17.1 Å². The molecule has 0 unspecified atom stereocenters. The van der Waals surface area contributed by atoms with Crippen LogP contribution >= 0.6 is 11.3 Å². The second-order valence-corrected chi connectivity index (χ2v) is 6.09. The van der Waals surface area contributed by atoms with E-state index >= 15 is 0 Å². The number of amides is 1. The number of aryl methyl sites for hydroxylation is 1. The number of hydrazine groups is 1. The van der Waals surface area contributed by atoms with Crippen molar-refractivity contribution >= 4 is 32.6 Å². The highest BCUT2D eigenvalue weighted by atomic mass is 32.1. The molecule has 0 spiro atoms. The highest BCUT2D eigenvalue weighted by Crippen LogP contribution is 2.29. The zero-order valence-electron chi connectivity index (χ0n) is 13.5. The lowest BCUT2D eigenvalue weighted by Gasteiger charge is -2.13. The Hall–Kier alpha value is -2.80. The van der Waals surface area contributed by atoms with E-state index in [0.29, 0.717) is 22.2 Å². The van der Waals surface area contributed by atoms with Crippen molar-refractivity contribution in [3.63, 3.8) is 0 Å². The number of carbonyl (C=O) groups is 1. The van der Waals surface area contributed by atoms with E-state index < -0.39 is 0 Å². The Bertz CT molecular complexity index is 870. The van der Waals surface area contributed by atoms with Gasteiger partial charge < -0.3 is 9.47 Å². The number of thiazole rings is 1. The summed E-state index contributed by atoms with van der Waals surface area (Å²) in [4.78, 5) is 17.0. The second-order valence-electron chi connectivity index (χ2n) is 5.06. The first-order valence-electron chi connectivity index (χ1n) is 7.27. The molecule has 24 heavy (non-hydrogen) atoms. The number of fused-ring (bicyclic) bond motifs is 1. The van der Waals surface area contributed by atoms with Gasteiger partial charge in [-0.2, -0.15) is 0 Å². The molecule has 3 rings (SSSR count). The summed E-state index contributed by atoms with van der Waals surface area (Å²) in [6, 6.07) is 11.2. The van der Waals surface area contributed by atoms with Crippen molar-refractivity contribution in [2.24, 2.45) is 0 Å². The maximum absolute atomic E-state index is 12.5. The van der Waals surface area contributed by atoms with Crippen LogP contribution in [0.4, 0.5) is 5.13 Å². The van der Waals surface area contributed by atoms with Gasteiger partial charge >= 0.3 is 0 Å². The number of carbonyl (C=O) groups excluding carboxylic acids is 1. The number of rotatable bonds is 5. The lowest BCUT2D eigenvalue weighted by Crippen LogP contribution is -2.30. The maximum atomic E-state index is 12.5. The third kappa shape index (κ3) is 2.98. The van der Waals surface area contributed by atoms with Gasteiger partial charge in [0.2, 0.25) is 5.13 Å². The molecule has 3 aromatic rings. The van der Waals surface area contributed by atoms with Crippen molar-refractivity contribution in [3.05, 3.63) is 47.5 Å². The Kier molecular flexibility index (Phi) is 4.52. The average molecular weight is 343 g/mol. The summed E-state index contributed by atoms with van der Waals surface area (Å²) in [5.74, 6) is 0.517.